The van der Waals surface area contributed by atoms with Gasteiger partial charge < -0.3 is 9.80 Å². The number of rotatable bonds is 3. The van der Waals surface area contributed by atoms with Crippen molar-refractivity contribution in [2.24, 2.45) is 5.92 Å². The number of benzene rings is 2. The molecule has 3 nitrogen and oxygen atoms in total. The summed E-state index contributed by atoms with van der Waals surface area (Å²) in [6.07, 6.45) is 1.01. The maximum atomic E-state index is 12.9. The van der Waals surface area contributed by atoms with Crippen LogP contribution in [0.5, 0.6) is 0 Å². The molecular weight excluding hydrogens is 336 g/mol. The summed E-state index contributed by atoms with van der Waals surface area (Å²) in [5.41, 5.74) is 5.15. The standard InChI is InChI=1S/C22H25N2OSi/c1-15-3-6-17(7-4-15)19-14-20(19)22(25)24-11-9-23(10-12-24)21-13-18(26)8-5-16(21)2/h3-8,13,19-20H,9-12,14H2,1-2H3/t19-,20-/m0/s1. The van der Waals surface area contributed by atoms with Crippen LogP contribution in [0.2, 0.25) is 0 Å². The Morgan fingerprint density at radius 2 is 1.69 bits per heavy atom. The molecule has 2 aliphatic rings. The molecule has 0 spiro atoms. The van der Waals surface area contributed by atoms with Crippen molar-refractivity contribution in [3.63, 3.8) is 0 Å². The number of carbonyl (C=O) groups is 1. The molecule has 0 bridgehead atoms. The lowest BCUT2D eigenvalue weighted by Gasteiger charge is -2.37. The van der Waals surface area contributed by atoms with Gasteiger partial charge in [0.15, 0.2) is 0 Å². The minimum Gasteiger partial charge on any atom is -0.368 e. The Kier molecular flexibility index (Phi) is 4.61. The van der Waals surface area contributed by atoms with E-state index < -0.39 is 0 Å². The molecule has 0 unspecified atom stereocenters. The van der Waals surface area contributed by atoms with Gasteiger partial charge in [0.25, 0.3) is 0 Å². The van der Waals surface area contributed by atoms with Gasteiger partial charge in [0, 0.05) is 37.8 Å². The lowest BCUT2D eigenvalue weighted by molar-refractivity contribution is -0.132. The maximum Gasteiger partial charge on any atom is 0.226 e. The van der Waals surface area contributed by atoms with Crippen LogP contribution >= 0.6 is 0 Å². The second kappa shape index (κ2) is 6.91. The SMILES string of the molecule is Cc1ccc([C@@H]2C[C@@H]2C(=O)N2CCN(c3cc([Si])ccc3C)CC2)cc1. The molecule has 1 heterocycles. The van der Waals surface area contributed by atoms with E-state index in [-0.39, 0.29) is 5.92 Å². The van der Waals surface area contributed by atoms with Gasteiger partial charge in [0.2, 0.25) is 5.91 Å². The van der Waals surface area contributed by atoms with E-state index in [2.05, 4.69) is 76.4 Å². The zero-order chi connectivity index (χ0) is 18.3. The lowest BCUT2D eigenvalue weighted by atomic mass is 10.1. The van der Waals surface area contributed by atoms with Gasteiger partial charge in [0.05, 0.1) is 10.2 Å². The first kappa shape index (κ1) is 17.3. The number of amides is 1. The summed E-state index contributed by atoms with van der Waals surface area (Å²) >= 11 is 0. The number of nitrogens with zero attached hydrogens (tertiary/aromatic N) is 2. The van der Waals surface area contributed by atoms with Crippen LogP contribution in [0.25, 0.3) is 0 Å². The van der Waals surface area contributed by atoms with Crippen molar-refractivity contribution in [3.8, 4) is 0 Å². The molecule has 2 aromatic carbocycles. The van der Waals surface area contributed by atoms with Crippen molar-refractivity contribution >= 4 is 27.0 Å². The Bertz CT molecular complexity index is 809. The summed E-state index contributed by atoms with van der Waals surface area (Å²) < 4.78 is 0. The van der Waals surface area contributed by atoms with Crippen molar-refractivity contribution in [3.05, 3.63) is 59.2 Å². The average molecular weight is 362 g/mol. The second-order valence-corrected chi connectivity index (χ2v) is 8.25. The number of hydrogen-bond donors (Lipinski definition) is 0. The molecule has 0 aromatic heterocycles. The van der Waals surface area contributed by atoms with Gasteiger partial charge in [0.1, 0.15) is 0 Å². The van der Waals surface area contributed by atoms with Crippen LogP contribution in [0.3, 0.4) is 0 Å². The highest BCUT2D eigenvalue weighted by molar-refractivity contribution is 6.32. The smallest absolute Gasteiger partial charge is 0.226 e. The summed E-state index contributed by atoms with van der Waals surface area (Å²) in [6, 6.07) is 15.1. The van der Waals surface area contributed by atoms with Gasteiger partial charge in [-0.15, -0.1) is 0 Å². The molecule has 133 valence electrons. The fourth-order valence-corrected chi connectivity index (χ4v) is 4.22. The Hall–Kier alpha value is -2.07. The summed E-state index contributed by atoms with van der Waals surface area (Å²) in [4.78, 5) is 17.3. The van der Waals surface area contributed by atoms with E-state index in [9.17, 15) is 4.79 Å². The Balaban J connectivity index is 1.36. The van der Waals surface area contributed by atoms with Gasteiger partial charge in [-0.3, -0.25) is 4.79 Å². The zero-order valence-electron chi connectivity index (χ0n) is 15.5. The van der Waals surface area contributed by atoms with Crippen LogP contribution in [0.1, 0.15) is 29.0 Å². The lowest BCUT2D eigenvalue weighted by Crippen LogP contribution is -2.49. The second-order valence-electron chi connectivity index (χ2n) is 7.67. The summed E-state index contributed by atoms with van der Waals surface area (Å²) in [5, 5.41) is 1.10. The molecule has 1 saturated carbocycles. The molecule has 2 fully saturated rings. The average Bonchev–Trinajstić information content (AvgIpc) is 3.45. The number of aryl methyl sites for hydroxylation is 2. The molecule has 1 saturated heterocycles. The minimum absolute atomic E-state index is 0.191. The van der Waals surface area contributed by atoms with Gasteiger partial charge in [-0.25, -0.2) is 0 Å². The fraction of sp³-hybridized carbons (Fsp3) is 0.409. The Morgan fingerprint density at radius 3 is 2.38 bits per heavy atom. The number of piperazine rings is 1. The Labute approximate surface area is 159 Å². The van der Waals surface area contributed by atoms with E-state index in [4.69, 9.17) is 0 Å². The third kappa shape index (κ3) is 3.43. The van der Waals surface area contributed by atoms with Crippen LogP contribution in [-0.4, -0.2) is 47.2 Å². The first-order chi connectivity index (χ1) is 12.5. The third-order valence-corrected chi connectivity index (χ3v) is 6.07. The fourth-order valence-electron chi connectivity index (χ4n) is 4.00. The quantitative estimate of drug-likeness (QED) is 0.785. The van der Waals surface area contributed by atoms with E-state index in [1.165, 1.54) is 22.4 Å². The highest BCUT2D eigenvalue weighted by atomic mass is 28.1. The van der Waals surface area contributed by atoms with Crippen molar-refractivity contribution in [2.75, 3.05) is 31.1 Å². The molecule has 4 rings (SSSR count). The van der Waals surface area contributed by atoms with Gasteiger partial charge >= 0.3 is 0 Å². The molecule has 1 aliphatic carbocycles. The van der Waals surface area contributed by atoms with Crippen LogP contribution in [0.4, 0.5) is 5.69 Å². The molecule has 4 heteroatoms. The topological polar surface area (TPSA) is 23.6 Å². The molecule has 0 N–H and O–H groups in total. The normalized spacial score (nSPS) is 22.4. The van der Waals surface area contributed by atoms with Crippen molar-refractivity contribution in [2.45, 2.75) is 26.2 Å². The first-order valence-corrected chi connectivity index (χ1v) is 9.95. The Morgan fingerprint density at radius 1 is 1.00 bits per heavy atom. The summed E-state index contributed by atoms with van der Waals surface area (Å²) in [7, 11) is 3.62. The maximum absolute atomic E-state index is 12.9. The highest BCUT2D eigenvalue weighted by Crippen LogP contribution is 2.48. The van der Waals surface area contributed by atoms with Crippen molar-refractivity contribution in [1.29, 1.82) is 0 Å². The van der Waals surface area contributed by atoms with Crippen LogP contribution in [0.15, 0.2) is 42.5 Å². The molecular formula is C22H25N2OSi. The molecule has 2 atom stereocenters. The number of hydrogen-bond acceptors (Lipinski definition) is 2. The predicted octanol–water partition coefficient (Wildman–Crippen LogP) is 2.55. The van der Waals surface area contributed by atoms with Crippen molar-refractivity contribution in [1.82, 2.24) is 4.90 Å². The number of carbonyl (C=O) groups excluding carboxylic acids is 1. The minimum atomic E-state index is 0.191. The molecule has 1 amide bonds. The third-order valence-electron chi connectivity index (χ3n) is 5.75. The summed E-state index contributed by atoms with van der Waals surface area (Å²) in [6.45, 7) is 7.71. The molecule has 26 heavy (non-hydrogen) atoms. The van der Waals surface area contributed by atoms with Gasteiger partial charge in [-0.05, 0) is 43.4 Å². The molecule has 1 aliphatic heterocycles. The van der Waals surface area contributed by atoms with Crippen molar-refractivity contribution < 1.29 is 4.79 Å². The number of anilines is 1. The van der Waals surface area contributed by atoms with E-state index in [1.54, 1.807) is 0 Å². The first-order valence-electron chi connectivity index (χ1n) is 9.45. The largest absolute Gasteiger partial charge is 0.368 e. The van der Waals surface area contributed by atoms with E-state index >= 15 is 0 Å². The monoisotopic (exact) mass is 361 g/mol. The van der Waals surface area contributed by atoms with Crippen LogP contribution in [0, 0.1) is 19.8 Å². The molecule has 3 radical (unpaired) electrons. The zero-order valence-corrected chi connectivity index (χ0v) is 16.5. The summed E-state index contributed by atoms with van der Waals surface area (Å²) in [5.74, 6) is 0.964. The van der Waals surface area contributed by atoms with E-state index in [1.807, 2.05) is 0 Å². The van der Waals surface area contributed by atoms with Crippen LogP contribution in [-0.2, 0) is 4.79 Å². The predicted molar refractivity (Wildman–Crippen MR) is 107 cm³/mol. The van der Waals surface area contributed by atoms with E-state index in [0.29, 0.717) is 11.8 Å². The van der Waals surface area contributed by atoms with Crippen LogP contribution < -0.4 is 10.1 Å². The van der Waals surface area contributed by atoms with Gasteiger partial charge in [-0.2, -0.15) is 0 Å². The molecule has 2 aromatic rings. The van der Waals surface area contributed by atoms with E-state index in [0.717, 1.165) is 37.8 Å². The highest BCUT2D eigenvalue weighted by Gasteiger charge is 2.46. The van der Waals surface area contributed by atoms with Gasteiger partial charge in [-0.1, -0.05) is 47.1 Å².